The summed E-state index contributed by atoms with van der Waals surface area (Å²) in [6.45, 7) is 8.27. The predicted octanol–water partition coefficient (Wildman–Crippen LogP) is 2.04. The first-order chi connectivity index (χ1) is 16.6. The molecule has 5 rings (SSSR count). The molecule has 1 saturated carbocycles. The maximum absolute atomic E-state index is 13.4. The first-order valence-electron chi connectivity index (χ1n) is 12.5. The normalized spacial score (nSPS) is 24.5. The van der Waals surface area contributed by atoms with E-state index in [1.165, 1.54) is 0 Å². The lowest BCUT2D eigenvalue weighted by molar-refractivity contribution is -0.134. The first kappa shape index (κ1) is 24.5. The molecule has 2 saturated heterocycles. The van der Waals surface area contributed by atoms with Crippen molar-refractivity contribution in [1.29, 1.82) is 0 Å². The summed E-state index contributed by atoms with van der Waals surface area (Å²) in [7, 11) is -3.74. The summed E-state index contributed by atoms with van der Waals surface area (Å²) in [5.74, 6) is 0.0833. The van der Waals surface area contributed by atoms with Crippen LogP contribution in [0.15, 0.2) is 23.2 Å². The van der Waals surface area contributed by atoms with E-state index in [1.54, 1.807) is 18.3 Å². The van der Waals surface area contributed by atoms with Crippen LogP contribution < -0.4 is 14.9 Å². The van der Waals surface area contributed by atoms with Gasteiger partial charge in [-0.25, -0.2) is 17.5 Å². The van der Waals surface area contributed by atoms with Crippen LogP contribution >= 0.6 is 0 Å². The van der Waals surface area contributed by atoms with E-state index in [9.17, 15) is 17.6 Å². The number of hydrogen-bond donors (Lipinski definition) is 2. The number of amides is 1. The molecule has 0 spiro atoms. The van der Waals surface area contributed by atoms with Crippen molar-refractivity contribution in [2.45, 2.75) is 62.6 Å². The first-order valence-corrected chi connectivity index (χ1v) is 14.0. The molecule has 35 heavy (non-hydrogen) atoms. The second kappa shape index (κ2) is 9.01. The van der Waals surface area contributed by atoms with Crippen LogP contribution in [0.1, 0.15) is 46.1 Å². The third-order valence-corrected chi connectivity index (χ3v) is 9.13. The molecule has 0 unspecified atom stereocenters. The lowest BCUT2D eigenvalue weighted by Crippen LogP contribution is -2.50. The number of aromatic nitrogens is 2. The Bertz CT molecular complexity index is 1220. The van der Waals surface area contributed by atoms with Gasteiger partial charge in [0.25, 0.3) is 0 Å². The van der Waals surface area contributed by atoms with Crippen LogP contribution in [-0.4, -0.2) is 80.0 Å². The minimum Gasteiger partial charge on any atom is -0.367 e. The molecular weight excluding hydrogens is 471 g/mol. The molecule has 1 aliphatic carbocycles. The van der Waals surface area contributed by atoms with Crippen LogP contribution in [-0.2, 0) is 14.8 Å². The highest BCUT2D eigenvalue weighted by molar-refractivity contribution is 7.89. The minimum atomic E-state index is -3.74. The summed E-state index contributed by atoms with van der Waals surface area (Å²) in [4.78, 5) is 16.7. The lowest BCUT2D eigenvalue weighted by Gasteiger charge is -2.37. The number of sulfonamides is 1. The van der Waals surface area contributed by atoms with E-state index in [0.717, 1.165) is 29.4 Å². The number of alkyl halides is 1. The second-order valence-electron chi connectivity index (χ2n) is 10.7. The fourth-order valence-corrected chi connectivity index (χ4v) is 6.62. The van der Waals surface area contributed by atoms with Gasteiger partial charge in [-0.3, -0.25) is 9.48 Å². The number of hydrogen-bond acceptors (Lipinski definition) is 6. The highest BCUT2D eigenvalue weighted by Crippen LogP contribution is 2.38. The highest BCUT2D eigenvalue weighted by Gasteiger charge is 2.41. The number of nitrogens with one attached hydrogen (secondary N) is 2. The summed E-state index contributed by atoms with van der Waals surface area (Å²) in [5.41, 5.74) is 1.15. The number of carbonyl (C=O) groups is 1. The molecule has 1 amide bonds. The van der Waals surface area contributed by atoms with E-state index in [0.29, 0.717) is 39.1 Å². The number of halogens is 1. The van der Waals surface area contributed by atoms with Crippen molar-refractivity contribution in [2.75, 3.05) is 44.3 Å². The Hall–Kier alpha value is -2.24. The van der Waals surface area contributed by atoms with Crippen molar-refractivity contribution in [3.8, 4) is 0 Å². The quantitative estimate of drug-likeness (QED) is 0.596. The second-order valence-corrected chi connectivity index (χ2v) is 12.4. The van der Waals surface area contributed by atoms with Gasteiger partial charge in [-0.15, -0.1) is 0 Å². The molecule has 3 fully saturated rings. The molecule has 1 aromatic heterocycles. The van der Waals surface area contributed by atoms with Crippen LogP contribution in [0.4, 0.5) is 10.1 Å². The maximum Gasteiger partial charge on any atom is 0.241 e. The van der Waals surface area contributed by atoms with Gasteiger partial charge in [-0.05, 0) is 38.3 Å². The molecule has 192 valence electrons. The van der Waals surface area contributed by atoms with Gasteiger partial charge in [-0.1, -0.05) is 13.8 Å². The van der Waals surface area contributed by atoms with Crippen molar-refractivity contribution in [1.82, 2.24) is 24.7 Å². The Morgan fingerprint density at radius 3 is 2.57 bits per heavy atom. The Balaban J connectivity index is 1.52. The summed E-state index contributed by atoms with van der Waals surface area (Å²) < 4.78 is 44.7. The molecule has 9 nitrogen and oxygen atoms in total. The van der Waals surface area contributed by atoms with E-state index in [2.05, 4.69) is 20.0 Å². The van der Waals surface area contributed by atoms with Gasteiger partial charge in [0.2, 0.25) is 15.9 Å². The van der Waals surface area contributed by atoms with E-state index in [1.807, 2.05) is 30.4 Å². The van der Waals surface area contributed by atoms with Crippen molar-refractivity contribution < 1.29 is 17.6 Å². The molecule has 2 atom stereocenters. The number of nitrogens with zero attached hydrogens (tertiary/aromatic N) is 4. The van der Waals surface area contributed by atoms with Gasteiger partial charge in [0.1, 0.15) is 6.67 Å². The number of carbonyl (C=O) groups excluding carboxylic acids is 1. The number of anilines is 1. The van der Waals surface area contributed by atoms with E-state index < -0.39 is 16.7 Å². The zero-order chi connectivity index (χ0) is 25.0. The largest absolute Gasteiger partial charge is 0.367 e. The number of fused-ring (bicyclic) bond motifs is 1. The van der Waals surface area contributed by atoms with Gasteiger partial charge in [0.05, 0.1) is 22.7 Å². The van der Waals surface area contributed by atoms with Gasteiger partial charge >= 0.3 is 0 Å². The molecular formula is C24H35FN6O3S. The Morgan fingerprint density at radius 2 is 1.97 bits per heavy atom. The average molecular weight is 507 g/mol. The average Bonchev–Trinajstić information content (AvgIpc) is 3.22. The summed E-state index contributed by atoms with van der Waals surface area (Å²) in [6.07, 6.45) is 4.03. The molecule has 0 radical (unpaired) electrons. The number of benzene rings is 1. The van der Waals surface area contributed by atoms with Crippen molar-refractivity contribution in [3.63, 3.8) is 0 Å². The molecule has 3 heterocycles. The zero-order valence-corrected chi connectivity index (χ0v) is 21.4. The van der Waals surface area contributed by atoms with E-state index in [4.69, 9.17) is 0 Å². The number of rotatable bonds is 7. The SMILES string of the molecule is CC(C)C(=O)N1CCN(c2cc(S(=O)(=O)NC3(C)CC3)cc3c2cnn3[C@H]2CN[C@H](CF)C2)CC1. The third kappa shape index (κ3) is 4.77. The lowest BCUT2D eigenvalue weighted by atomic mass is 10.1. The molecule has 1 aromatic carbocycles. The molecule has 11 heteroatoms. The van der Waals surface area contributed by atoms with Gasteiger partial charge in [0.15, 0.2) is 0 Å². The van der Waals surface area contributed by atoms with Crippen molar-refractivity contribution in [3.05, 3.63) is 18.3 Å². The molecule has 2 N–H and O–H groups in total. The maximum atomic E-state index is 13.4. The zero-order valence-electron chi connectivity index (χ0n) is 20.6. The van der Waals surface area contributed by atoms with Gasteiger partial charge < -0.3 is 15.1 Å². The predicted molar refractivity (Wildman–Crippen MR) is 133 cm³/mol. The molecule has 2 aromatic rings. The van der Waals surface area contributed by atoms with E-state index in [-0.39, 0.29) is 34.3 Å². The van der Waals surface area contributed by atoms with Crippen LogP contribution in [0.3, 0.4) is 0 Å². The topological polar surface area (TPSA) is 99.6 Å². The Kier molecular flexibility index (Phi) is 6.29. The van der Waals surface area contributed by atoms with Crippen LogP contribution in [0.2, 0.25) is 0 Å². The monoisotopic (exact) mass is 506 g/mol. The van der Waals surface area contributed by atoms with E-state index >= 15 is 0 Å². The molecule has 3 aliphatic rings. The fourth-order valence-electron chi connectivity index (χ4n) is 5.12. The van der Waals surface area contributed by atoms with Crippen LogP contribution in [0, 0.1) is 5.92 Å². The standard InChI is InChI=1S/C24H35FN6O3S/c1-16(2)23(32)30-8-6-29(7-9-30)21-11-19(35(33,34)28-24(3)4-5-24)12-22-20(21)15-27-31(22)18-10-17(13-25)26-14-18/h11-12,15-18,26,28H,4-10,13-14H2,1-3H3/t17-,18+/m0/s1. The number of piperazine rings is 1. The summed E-state index contributed by atoms with van der Waals surface area (Å²) >= 11 is 0. The summed E-state index contributed by atoms with van der Waals surface area (Å²) in [5, 5.41) is 8.68. The Labute approximate surface area is 206 Å². The summed E-state index contributed by atoms with van der Waals surface area (Å²) in [6, 6.07) is 3.17. The highest BCUT2D eigenvalue weighted by atomic mass is 32.2. The van der Waals surface area contributed by atoms with Gasteiger partial charge in [-0.2, -0.15) is 5.10 Å². The van der Waals surface area contributed by atoms with Crippen molar-refractivity contribution >= 4 is 32.5 Å². The van der Waals surface area contributed by atoms with Gasteiger partial charge in [0, 0.05) is 61.3 Å². The van der Waals surface area contributed by atoms with Crippen LogP contribution in [0.5, 0.6) is 0 Å². The Morgan fingerprint density at radius 1 is 1.26 bits per heavy atom. The molecule has 0 bridgehead atoms. The molecule has 2 aliphatic heterocycles. The van der Waals surface area contributed by atoms with Crippen molar-refractivity contribution in [2.24, 2.45) is 5.92 Å². The minimum absolute atomic E-state index is 0.0477. The van der Waals surface area contributed by atoms with Crippen LogP contribution in [0.25, 0.3) is 10.9 Å². The fraction of sp³-hybridized carbons (Fsp3) is 0.667. The third-order valence-electron chi connectivity index (χ3n) is 7.52. The smallest absolute Gasteiger partial charge is 0.241 e.